The van der Waals surface area contributed by atoms with E-state index in [4.69, 9.17) is 14.5 Å². The summed E-state index contributed by atoms with van der Waals surface area (Å²) in [6.07, 6.45) is 6.15. The lowest BCUT2D eigenvalue weighted by atomic mass is 9.86. The van der Waals surface area contributed by atoms with Crippen molar-refractivity contribution in [2.45, 2.75) is 38.7 Å². The lowest BCUT2D eigenvalue weighted by molar-refractivity contribution is -0.142. The van der Waals surface area contributed by atoms with Crippen molar-refractivity contribution in [1.29, 1.82) is 0 Å². The van der Waals surface area contributed by atoms with Crippen molar-refractivity contribution < 1.29 is 14.3 Å². The molecule has 0 saturated carbocycles. The van der Waals surface area contributed by atoms with Gasteiger partial charge in [0.2, 0.25) is 5.88 Å². The van der Waals surface area contributed by atoms with Crippen LogP contribution >= 0.6 is 0 Å². The fourth-order valence-electron chi connectivity index (χ4n) is 5.12. The minimum Gasteiger partial charge on any atom is -0.480 e. The summed E-state index contributed by atoms with van der Waals surface area (Å²) in [5.41, 5.74) is 4.11. The van der Waals surface area contributed by atoms with Crippen LogP contribution in [0.2, 0.25) is 0 Å². The first kappa shape index (κ1) is 26.3. The summed E-state index contributed by atoms with van der Waals surface area (Å²) in [5, 5.41) is 4.55. The molecular formula is C29H32N6O4. The fraction of sp³-hybridized carbons (Fsp3) is 0.345. The molecule has 1 amide bonds. The van der Waals surface area contributed by atoms with E-state index in [9.17, 15) is 9.59 Å². The number of nitrogens with one attached hydrogen (secondary N) is 2. The number of ether oxygens (including phenoxy) is 2. The number of methoxy groups -OCH3 is 2. The summed E-state index contributed by atoms with van der Waals surface area (Å²) in [6.45, 7) is 5.31. The van der Waals surface area contributed by atoms with Gasteiger partial charge in [0.1, 0.15) is 17.6 Å². The number of hydrogen-bond acceptors (Lipinski definition) is 8. The molecule has 1 aromatic carbocycles. The van der Waals surface area contributed by atoms with Gasteiger partial charge >= 0.3 is 0 Å². The van der Waals surface area contributed by atoms with E-state index in [1.54, 1.807) is 26.4 Å². The molecule has 39 heavy (non-hydrogen) atoms. The predicted molar refractivity (Wildman–Crippen MR) is 149 cm³/mol. The average Bonchev–Trinajstić information content (AvgIpc) is 2.96. The standard InChI is InChI=1S/C29H32N6O4/c1-17-13-21(5-6-22(17)19-8-11-35(12-9-19)29(37)18(2)38-3)32-27-26-20(7-10-31-28(26)36)14-23(34-27)24-15-30-16-25(33-24)39-4/h5-7,10,13-16,18-19H,8-9,11-12H2,1-4H3,(H,31,36)(H,32,34)/t18-/m0/s1. The molecule has 2 N–H and O–H groups in total. The molecule has 0 aliphatic carbocycles. The number of rotatable bonds is 7. The van der Waals surface area contributed by atoms with E-state index in [2.05, 4.69) is 39.3 Å². The zero-order chi connectivity index (χ0) is 27.5. The number of anilines is 2. The monoisotopic (exact) mass is 528 g/mol. The molecule has 10 heteroatoms. The molecule has 1 saturated heterocycles. The molecule has 5 rings (SSSR count). The molecule has 10 nitrogen and oxygen atoms in total. The zero-order valence-electron chi connectivity index (χ0n) is 22.5. The van der Waals surface area contributed by atoms with Crippen LogP contribution in [0.5, 0.6) is 5.88 Å². The van der Waals surface area contributed by atoms with Gasteiger partial charge in [-0.2, -0.15) is 0 Å². The highest BCUT2D eigenvalue weighted by Crippen LogP contribution is 2.33. The van der Waals surface area contributed by atoms with Gasteiger partial charge in [-0.15, -0.1) is 0 Å². The van der Waals surface area contributed by atoms with Crippen LogP contribution in [-0.2, 0) is 9.53 Å². The van der Waals surface area contributed by atoms with E-state index >= 15 is 0 Å². The summed E-state index contributed by atoms with van der Waals surface area (Å²) in [6, 6.07) is 9.86. The summed E-state index contributed by atoms with van der Waals surface area (Å²) in [4.78, 5) is 43.3. The topological polar surface area (TPSA) is 122 Å². The smallest absolute Gasteiger partial charge is 0.259 e. The third-order valence-electron chi connectivity index (χ3n) is 7.32. The highest BCUT2D eigenvalue weighted by molar-refractivity contribution is 5.95. The normalized spacial score (nSPS) is 14.8. The lowest BCUT2D eigenvalue weighted by Gasteiger charge is -2.34. The lowest BCUT2D eigenvalue weighted by Crippen LogP contribution is -2.43. The minimum absolute atomic E-state index is 0.0455. The van der Waals surface area contributed by atoms with Gasteiger partial charge < -0.3 is 24.7 Å². The number of benzene rings is 1. The fourth-order valence-corrected chi connectivity index (χ4v) is 5.12. The number of carbonyl (C=O) groups is 1. The Morgan fingerprint density at radius 1 is 1.10 bits per heavy atom. The van der Waals surface area contributed by atoms with Crippen LogP contribution in [0.4, 0.5) is 11.5 Å². The van der Waals surface area contributed by atoms with Crippen LogP contribution in [0.3, 0.4) is 0 Å². The van der Waals surface area contributed by atoms with Crippen molar-refractivity contribution in [3.8, 4) is 17.3 Å². The van der Waals surface area contributed by atoms with E-state index in [0.717, 1.165) is 42.6 Å². The quantitative estimate of drug-likeness (QED) is 0.366. The number of fused-ring (bicyclic) bond motifs is 1. The van der Waals surface area contributed by atoms with Gasteiger partial charge in [-0.3, -0.25) is 14.6 Å². The Hall–Kier alpha value is -4.31. The number of pyridine rings is 2. The van der Waals surface area contributed by atoms with E-state index in [0.29, 0.717) is 34.4 Å². The number of H-pyrrole nitrogens is 1. The summed E-state index contributed by atoms with van der Waals surface area (Å²) in [7, 11) is 3.09. The number of aromatic amines is 1. The van der Waals surface area contributed by atoms with Gasteiger partial charge in [0.15, 0.2) is 0 Å². The van der Waals surface area contributed by atoms with E-state index in [-0.39, 0.29) is 11.5 Å². The van der Waals surface area contributed by atoms with Crippen molar-refractivity contribution >= 4 is 28.2 Å². The zero-order valence-corrected chi connectivity index (χ0v) is 22.5. The number of amides is 1. The molecule has 202 valence electrons. The Balaban J connectivity index is 1.41. The number of likely N-dealkylation sites (tertiary alicyclic amines) is 1. The van der Waals surface area contributed by atoms with Gasteiger partial charge in [-0.1, -0.05) is 6.07 Å². The first-order valence-corrected chi connectivity index (χ1v) is 13.0. The molecule has 0 spiro atoms. The second-order valence-electron chi connectivity index (χ2n) is 9.75. The number of hydrogen-bond donors (Lipinski definition) is 2. The van der Waals surface area contributed by atoms with Crippen LogP contribution in [0, 0.1) is 6.92 Å². The average molecular weight is 529 g/mol. The first-order chi connectivity index (χ1) is 18.9. The van der Waals surface area contributed by atoms with Crippen molar-refractivity contribution in [2.24, 2.45) is 0 Å². The Morgan fingerprint density at radius 2 is 1.90 bits per heavy atom. The van der Waals surface area contributed by atoms with Gasteiger partial charge in [0.05, 0.1) is 30.6 Å². The summed E-state index contributed by atoms with van der Waals surface area (Å²) >= 11 is 0. The molecule has 1 atom stereocenters. The van der Waals surface area contributed by atoms with Crippen molar-refractivity contribution in [3.05, 3.63) is 70.4 Å². The van der Waals surface area contributed by atoms with Crippen molar-refractivity contribution in [1.82, 2.24) is 24.8 Å². The second-order valence-corrected chi connectivity index (χ2v) is 9.75. The maximum Gasteiger partial charge on any atom is 0.259 e. The Kier molecular flexibility index (Phi) is 7.56. The number of carbonyl (C=O) groups excluding carboxylic acids is 1. The highest BCUT2D eigenvalue weighted by Gasteiger charge is 2.27. The van der Waals surface area contributed by atoms with Crippen LogP contribution in [0.1, 0.15) is 36.8 Å². The van der Waals surface area contributed by atoms with Crippen LogP contribution < -0.4 is 15.6 Å². The molecule has 1 fully saturated rings. The molecular weight excluding hydrogens is 496 g/mol. The number of nitrogens with zero attached hydrogens (tertiary/aromatic N) is 4. The summed E-state index contributed by atoms with van der Waals surface area (Å²) in [5.74, 6) is 1.23. The van der Waals surface area contributed by atoms with Crippen molar-refractivity contribution in [2.75, 3.05) is 32.6 Å². The van der Waals surface area contributed by atoms with E-state index in [1.165, 1.54) is 18.9 Å². The minimum atomic E-state index is -0.417. The number of aryl methyl sites for hydroxylation is 1. The molecule has 4 heterocycles. The molecule has 4 aromatic rings. The third kappa shape index (κ3) is 5.46. The Labute approximate surface area is 226 Å². The van der Waals surface area contributed by atoms with Crippen LogP contribution in [0.25, 0.3) is 22.2 Å². The third-order valence-corrected chi connectivity index (χ3v) is 7.32. The summed E-state index contributed by atoms with van der Waals surface area (Å²) < 4.78 is 10.4. The predicted octanol–water partition coefficient (Wildman–Crippen LogP) is 4.18. The number of piperidine rings is 1. The molecule has 3 aromatic heterocycles. The maximum atomic E-state index is 12.8. The Morgan fingerprint density at radius 3 is 2.62 bits per heavy atom. The van der Waals surface area contributed by atoms with Gasteiger partial charge in [0.25, 0.3) is 11.5 Å². The van der Waals surface area contributed by atoms with Crippen LogP contribution in [0.15, 0.2) is 53.7 Å². The second kappa shape index (κ2) is 11.2. The van der Waals surface area contributed by atoms with Crippen LogP contribution in [-0.4, -0.2) is 64.2 Å². The Bertz CT molecular complexity index is 1560. The van der Waals surface area contributed by atoms with Gasteiger partial charge in [-0.25, -0.2) is 9.97 Å². The van der Waals surface area contributed by atoms with Crippen molar-refractivity contribution in [3.63, 3.8) is 0 Å². The SMILES string of the molecule is COc1cncc(-c2cc3cc[nH]c(=O)c3c(Nc3ccc(C4CCN(C(=O)[C@H](C)OC)CC4)c(C)c3)n2)n1. The highest BCUT2D eigenvalue weighted by atomic mass is 16.5. The first-order valence-electron chi connectivity index (χ1n) is 13.0. The van der Waals surface area contributed by atoms with E-state index < -0.39 is 6.10 Å². The molecule has 1 aliphatic rings. The number of aromatic nitrogens is 4. The molecule has 0 radical (unpaired) electrons. The molecule has 1 aliphatic heterocycles. The largest absolute Gasteiger partial charge is 0.480 e. The van der Waals surface area contributed by atoms with E-state index in [1.807, 2.05) is 23.1 Å². The maximum absolute atomic E-state index is 12.8. The molecule has 0 unspecified atom stereocenters. The molecule has 0 bridgehead atoms. The van der Waals surface area contributed by atoms with Gasteiger partial charge in [0, 0.05) is 32.1 Å². The van der Waals surface area contributed by atoms with Gasteiger partial charge in [-0.05, 0) is 73.4 Å².